The predicted octanol–water partition coefficient (Wildman–Crippen LogP) is 6.81. The molecule has 5 nitrogen and oxygen atoms in total. The Morgan fingerprint density at radius 3 is 2.47 bits per heavy atom. The first-order chi connectivity index (χ1) is 17.6. The first kappa shape index (κ1) is 24.3. The summed E-state index contributed by atoms with van der Waals surface area (Å²) in [6.07, 6.45) is 3.08. The summed E-state index contributed by atoms with van der Waals surface area (Å²) in [4.78, 5) is 27.5. The van der Waals surface area contributed by atoms with Gasteiger partial charge in [0.15, 0.2) is 0 Å². The van der Waals surface area contributed by atoms with E-state index >= 15 is 0 Å². The summed E-state index contributed by atoms with van der Waals surface area (Å²) in [5, 5.41) is 4.15. The molecule has 2 N–H and O–H groups in total. The highest BCUT2D eigenvalue weighted by Gasteiger charge is 2.22. The van der Waals surface area contributed by atoms with Gasteiger partial charge in [0.1, 0.15) is 10.8 Å². The zero-order valence-corrected chi connectivity index (χ0v) is 22.0. The Hall–Kier alpha value is -3.42. The Morgan fingerprint density at radius 1 is 0.972 bits per heavy atom. The highest BCUT2D eigenvalue weighted by molar-refractivity contribution is 7.98. The lowest BCUT2D eigenvalue weighted by Crippen LogP contribution is -2.31. The minimum absolute atomic E-state index is 0.0557. The fourth-order valence-electron chi connectivity index (χ4n) is 4.15. The molecule has 5 rings (SSSR count). The van der Waals surface area contributed by atoms with E-state index < -0.39 is 0 Å². The molecule has 182 valence electrons. The van der Waals surface area contributed by atoms with Crippen molar-refractivity contribution in [1.29, 1.82) is 0 Å². The molecule has 0 spiro atoms. The number of aryl methyl sites for hydroxylation is 1. The Morgan fingerprint density at radius 2 is 1.72 bits per heavy atom. The number of aromatic nitrogens is 3. The molecule has 0 bridgehead atoms. The molecule has 7 heteroatoms. The molecule has 2 heterocycles. The fourth-order valence-corrected chi connectivity index (χ4v) is 5.72. The second-order valence-corrected chi connectivity index (χ2v) is 10.7. The Balaban J connectivity index is 1.42. The van der Waals surface area contributed by atoms with Gasteiger partial charge in [0.2, 0.25) is 5.91 Å². The Bertz CT molecular complexity index is 1420. The number of thioether (sulfide) groups is 1. The van der Waals surface area contributed by atoms with Crippen LogP contribution >= 0.6 is 23.1 Å². The van der Waals surface area contributed by atoms with E-state index in [2.05, 4.69) is 59.9 Å². The average Bonchev–Trinajstić information content (AvgIpc) is 3.52. The number of fused-ring (bicyclic) bond motifs is 1. The smallest absolute Gasteiger partial charge is 0.226 e. The van der Waals surface area contributed by atoms with Crippen LogP contribution in [0.5, 0.6) is 0 Å². The normalized spacial score (nSPS) is 12.1. The second-order valence-electron chi connectivity index (χ2n) is 8.74. The van der Waals surface area contributed by atoms with Crippen molar-refractivity contribution >= 4 is 40.0 Å². The molecule has 0 fully saturated rings. The van der Waals surface area contributed by atoms with E-state index in [9.17, 15) is 4.79 Å². The molecule has 1 atom stereocenters. The molecule has 0 radical (unpaired) electrons. The van der Waals surface area contributed by atoms with Crippen molar-refractivity contribution in [3.63, 3.8) is 0 Å². The standard InChI is InChI=1S/C29H28N4OS2/c1-19-12-14-20(15-13-19)27-25(33-29(36-27)21-8-4-3-5-9-21)18-26(34)30-24(16-17-35-2)28-31-22-10-6-7-11-23(22)32-28/h3-15,24H,16-18H2,1-2H3,(H,30,34)(H,31,32). The van der Waals surface area contributed by atoms with Crippen molar-refractivity contribution in [2.24, 2.45) is 0 Å². The summed E-state index contributed by atoms with van der Waals surface area (Å²) < 4.78 is 0. The molecule has 36 heavy (non-hydrogen) atoms. The number of carbonyl (C=O) groups is 1. The van der Waals surface area contributed by atoms with E-state index in [1.807, 2.05) is 42.5 Å². The molecule has 0 saturated heterocycles. The van der Waals surface area contributed by atoms with Gasteiger partial charge in [-0.3, -0.25) is 4.79 Å². The van der Waals surface area contributed by atoms with Crippen molar-refractivity contribution in [3.8, 4) is 21.0 Å². The van der Waals surface area contributed by atoms with Crippen molar-refractivity contribution < 1.29 is 4.79 Å². The van der Waals surface area contributed by atoms with E-state index in [0.717, 1.165) is 55.7 Å². The lowest BCUT2D eigenvalue weighted by atomic mass is 10.1. The van der Waals surface area contributed by atoms with Crippen LogP contribution in [0, 0.1) is 6.92 Å². The largest absolute Gasteiger partial charge is 0.346 e. The summed E-state index contributed by atoms with van der Waals surface area (Å²) in [5.74, 6) is 1.66. The number of para-hydroxylation sites is 2. The SMILES string of the molecule is CSCCC(NC(=O)Cc1nc(-c2ccccc2)sc1-c1ccc(C)cc1)c1nc2ccccc2[nH]1. The van der Waals surface area contributed by atoms with Gasteiger partial charge in [0.05, 0.1) is 34.1 Å². The number of H-pyrrole nitrogens is 1. The number of thiazole rings is 1. The maximum Gasteiger partial charge on any atom is 0.226 e. The lowest BCUT2D eigenvalue weighted by Gasteiger charge is -2.16. The van der Waals surface area contributed by atoms with Crippen molar-refractivity contribution in [1.82, 2.24) is 20.3 Å². The maximum absolute atomic E-state index is 13.4. The van der Waals surface area contributed by atoms with Crippen molar-refractivity contribution in [2.75, 3.05) is 12.0 Å². The van der Waals surface area contributed by atoms with Crippen LogP contribution in [0.1, 0.15) is 29.5 Å². The monoisotopic (exact) mass is 512 g/mol. The summed E-state index contributed by atoms with van der Waals surface area (Å²) in [6, 6.07) is 26.3. The van der Waals surface area contributed by atoms with Gasteiger partial charge < -0.3 is 10.3 Å². The third-order valence-electron chi connectivity index (χ3n) is 6.04. The molecular weight excluding hydrogens is 484 g/mol. The zero-order chi connectivity index (χ0) is 24.9. The minimum atomic E-state index is -0.188. The lowest BCUT2D eigenvalue weighted by molar-refractivity contribution is -0.121. The van der Waals surface area contributed by atoms with E-state index in [1.54, 1.807) is 23.1 Å². The third kappa shape index (κ3) is 5.53. The van der Waals surface area contributed by atoms with Gasteiger partial charge in [-0.05, 0) is 43.0 Å². The predicted molar refractivity (Wildman–Crippen MR) is 151 cm³/mol. The second kappa shape index (κ2) is 11.1. The van der Waals surface area contributed by atoms with Gasteiger partial charge in [-0.25, -0.2) is 9.97 Å². The van der Waals surface area contributed by atoms with Gasteiger partial charge in [0.25, 0.3) is 0 Å². The number of hydrogen-bond donors (Lipinski definition) is 2. The topological polar surface area (TPSA) is 70.7 Å². The molecule has 0 aliphatic heterocycles. The van der Waals surface area contributed by atoms with Crippen LogP contribution in [0.4, 0.5) is 0 Å². The van der Waals surface area contributed by atoms with Crippen LogP contribution in [-0.2, 0) is 11.2 Å². The fraction of sp³-hybridized carbons (Fsp3) is 0.207. The molecule has 1 unspecified atom stereocenters. The van der Waals surface area contributed by atoms with Crippen LogP contribution in [-0.4, -0.2) is 32.9 Å². The van der Waals surface area contributed by atoms with Crippen LogP contribution < -0.4 is 5.32 Å². The summed E-state index contributed by atoms with van der Waals surface area (Å²) in [5.41, 5.74) is 6.03. The van der Waals surface area contributed by atoms with Crippen molar-refractivity contribution in [2.45, 2.75) is 25.8 Å². The van der Waals surface area contributed by atoms with Gasteiger partial charge >= 0.3 is 0 Å². The van der Waals surface area contributed by atoms with E-state index in [1.165, 1.54) is 5.56 Å². The summed E-state index contributed by atoms with van der Waals surface area (Å²) in [7, 11) is 0. The van der Waals surface area contributed by atoms with Crippen LogP contribution in [0.25, 0.3) is 32.0 Å². The van der Waals surface area contributed by atoms with Crippen LogP contribution in [0.3, 0.4) is 0 Å². The Kier molecular flexibility index (Phi) is 7.49. The van der Waals surface area contributed by atoms with Gasteiger partial charge in [-0.2, -0.15) is 11.8 Å². The highest BCUT2D eigenvalue weighted by Crippen LogP contribution is 2.36. The number of carbonyl (C=O) groups excluding carboxylic acids is 1. The van der Waals surface area contributed by atoms with E-state index in [0.29, 0.717) is 0 Å². The highest BCUT2D eigenvalue weighted by atomic mass is 32.2. The molecule has 0 aliphatic rings. The summed E-state index contributed by atoms with van der Waals surface area (Å²) >= 11 is 3.39. The molecule has 3 aromatic carbocycles. The quantitative estimate of drug-likeness (QED) is 0.227. The number of hydrogen-bond acceptors (Lipinski definition) is 5. The first-order valence-corrected chi connectivity index (χ1v) is 14.2. The number of aromatic amines is 1. The zero-order valence-electron chi connectivity index (χ0n) is 20.3. The average molecular weight is 513 g/mol. The number of benzene rings is 3. The van der Waals surface area contributed by atoms with E-state index in [-0.39, 0.29) is 18.4 Å². The maximum atomic E-state index is 13.4. The minimum Gasteiger partial charge on any atom is -0.346 e. The van der Waals surface area contributed by atoms with Gasteiger partial charge in [0, 0.05) is 5.56 Å². The van der Waals surface area contributed by atoms with Gasteiger partial charge in [-0.1, -0.05) is 72.3 Å². The number of nitrogens with one attached hydrogen (secondary N) is 2. The molecule has 5 aromatic rings. The summed E-state index contributed by atoms with van der Waals surface area (Å²) in [6.45, 7) is 2.08. The van der Waals surface area contributed by atoms with Crippen LogP contribution in [0.15, 0.2) is 78.9 Å². The van der Waals surface area contributed by atoms with E-state index in [4.69, 9.17) is 9.97 Å². The number of nitrogens with zero attached hydrogens (tertiary/aromatic N) is 2. The third-order valence-corrected chi connectivity index (χ3v) is 7.88. The first-order valence-electron chi connectivity index (χ1n) is 12.0. The molecule has 0 aliphatic carbocycles. The molecular formula is C29H28N4OS2. The van der Waals surface area contributed by atoms with Gasteiger partial charge in [-0.15, -0.1) is 11.3 Å². The number of imidazole rings is 1. The number of rotatable bonds is 9. The Labute approximate surface area is 219 Å². The molecule has 0 saturated carbocycles. The van der Waals surface area contributed by atoms with Crippen LogP contribution in [0.2, 0.25) is 0 Å². The molecule has 1 amide bonds. The molecule has 2 aromatic heterocycles. The van der Waals surface area contributed by atoms with Crippen molar-refractivity contribution in [3.05, 3.63) is 95.9 Å². The number of amides is 1.